The molecule has 8 heteroatoms. The first-order chi connectivity index (χ1) is 11.9. The Morgan fingerprint density at radius 1 is 0.960 bits per heavy atom. The number of anilines is 3. The van der Waals surface area contributed by atoms with Gasteiger partial charge in [0.05, 0.1) is 27.5 Å². The third-order valence-corrected chi connectivity index (χ3v) is 4.98. The SMILES string of the molecule is O=S(=O)(Nc1ccc(Nc2ccccc2Cl)cn1)c1ccc(F)cc1. The third-order valence-electron chi connectivity index (χ3n) is 3.28. The van der Waals surface area contributed by atoms with Crippen molar-refractivity contribution in [2.45, 2.75) is 4.90 Å². The summed E-state index contributed by atoms with van der Waals surface area (Å²) < 4.78 is 39.7. The van der Waals surface area contributed by atoms with E-state index in [1.807, 2.05) is 18.2 Å². The number of rotatable bonds is 5. The quantitative estimate of drug-likeness (QED) is 0.690. The van der Waals surface area contributed by atoms with Crippen LogP contribution in [0.1, 0.15) is 0 Å². The van der Waals surface area contributed by atoms with Gasteiger partial charge in [-0.15, -0.1) is 0 Å². The molecule has 0 aliphatic carbocycles. The summed E-state index contributed by atoms with van der Waals surface area (Å²) in [7, 11) is -3.83. The minimum Gasteiger partial charge on any atom is -0.353 e. The standard InChI is InChI=1S/C17H13ClFN3O2S/c18-15-3-1-2-4-16(15)21-13-7-10-17(20-11-13)22-25(23,24)14-8-5-12(19)6-9-14/h1-11,21H,(H,20,22). The molecule has 1 heterocycles. The molecule has 0 aliphatic heterocycles. The van der Waals surface area contributed by atoms with E-state index in [0.29, 0.717) is 16.4 Å². The zero-order chi connectivity index (χ0) is 17.9. The summed E-state index contributed by atoms with van der Waals surface area (Å²) in [5.41, 5.74) is 1.36. The first kappa shape index (κ1) is 17.2. The molecule has 0 atom stereocenters. The number of halogens is 2. The van der Waals surface area contributed by atoms with Crippen molar-refractivity contribution in [3.8, 4) is 0 Å². The number of pyridine rings is 1. The molecule has 128 valence electrons. The molecule has 5 nitrogen and oxygen atoms in total. The molecular formula is C17H13ClFN3O2S. The summed E-state index contributed by atoms with van der Waals surface area (Å²) in [5, 5.41) is 3.65. The second-order valence-electron chi connectivity index (χ2n) is 5.10. The molecule has 0 radical (unpaired) electrons. The summed E-state index contributed by atoms with van der Waals surface area (Å²) >= 11 is 6.07. The van der Waals surface area contributed by atoms with E-state index in [0.717, 1.165) is 12.1 Å². The zero-order valence-corrected chi connectivity index (χ0v) is 14.4. The molecular weight excluding hydrogens is 365 g/mol. The normalized spacial score (nSPS) is 11.1. The molecule has 1 aromatic heterocycles. The third kappa shape index (κ3) is 4.26. The van der Waals surface area contributed by atoms with Gasteiger partial charge >= 0.3 is 0 Å². The van der Waals surface area contributed by atoms with Crippen molar-refractivity contribution in [3.63, 3.8) is 0 Å². The predicted molar refractivity (Wildman–Crippen MR) is 96.2 cm³/mol. The van der Waals surface area contributed by atoms with Crippen molar-refractivity contribution in [2.75, 3.05) is 10.0 Å². The highest BCUT2D eigenvalue weighted by molar-refractivity contribution is 7.92. The molecule has 0 unspecified atom stereocenters. The Kier molecular flexibility index (Phi) is 4.87. The van der Waals surface area contributed by atoms with E-state index in [-0.39, 0.29) is 10.7 Å². The number of hydrogen-bond donors (Lipinski definition) is 2. The number of nitrogens with zero attached hydrogens (tertiary/aromatic N) is 1. The van der Waals surface area contributed by atoms with Crippen LogP contribution in [0.25, 0.3) is 0 Å². The second kappa shape index (κ2) is 7.08. The highest BCUT2D eigenvalue weighted by Crippen LogP contribution is 2.25. The summed E-state index contributed by atoms with van der Waals surface area (Å²) in [6.07, 6.45) is 1.48. The molecule has 3 aromatic rings. The first-order valence-electron chi connectivity index (χ1n) is 7.20. The average Bonchev–Trinajstić information content (AvgIpc) is 2.59. The highest BCUT2D eigenvalue weighted by atomic mass is 35.5. The van der Waals surface area contributed by atoms with Crippen molar-refractivity contribution in [3.05, 3.63) is 77.7 Å². The average molecular weight is 378 g/mol. The maximum atomic E-state index is 12.9. The minimum atomic E-state index is -3.83. The number of para-hydroxylation sites is 1. The number of sulfonamides is 1. The van der Waals surface area contributed by atoms with Crippen molar-refractivity contribution in [2.24, 2.45) is 0 Å². The van der Waals surface area contributed by atoms with Gasteiger partial charge in [0.1, 0.15) is 11.6 Å². The minimum absolute atomic E-state index is 0.0473. The van der Waals surface area contributed by atoms with Crippen LogP contribution in [0.3, 0.4) is 0 Å². The molecule has 25 heavy (non-hydrogen) atoms. The lowest BCUT2D eigenvalue weighted by Crippen LogP contribution is -2.13. The molecule has 0 bridgehead atoms. The van der Waals surface area contributed by atoms with Crippen molar-refractivity contribution in [1.29, 1.82) is 0 Å². The molecule has 2 N–H and O–H groups in total. The van der Waals surface area contributed by atoms with Gasteiger partial charge in [-0.2, -0.15) is 0 Å². The van der Waals surface area contributed by atoms with Gasteiger partial charge in [-0.1, -0.05) is 23.7 Å². The van der Waals surface area contributed by atoms with Crippen molar-refractivity contribution < 1.29 is 12.8 Å². The van der Waals surface area contributed by atoms with Gasteiger partial charge in [0.2, 0.25) is 0 Å². The highest BCUT2D eigenvalue weighted by Gasteiger charge is 2.14. The van der Waals surface area contributed by atoms with E-state index in [1.54, 1.807) is 12.1 Å². The smallest absolute Gasteiger partial charge is 0.263 e. The summed E-state index contributed by atoms with van der Waals surface area (Å²) in [4.78, 5) is 4.02. The van der Waals surface area contributed by atoms with E-state index in [2.05, 4.69) is 15.0 Å². The van der Waals surface area contributed by atoms with Gasteiger partial charge in [0, 0.05) is 0 Å². The monoisotopic (exact) mass is 377 g/mol. The topological polar surface area (TPSA) is 71.1 Å². The molecule has 0 fully saturated rings. The maximum absolute atomic E-state index is 12.9. The number of hydrogen-bond acceptors (Lipinski definition) is 4. The second-order valence-corrected chi connectivity index (χ2v) is 7.19. The van der Waals surface area contributed by atoms with Crippen LogP contribution in [-0.2, 0) is 10.0 Å². The van der Waals surface area contributed by atoms with E-state index in [9.17, 15) is 12.8 Å². The Morgan fingerprint density at radius 2 is 1.68 bits per heavy atom. The predicted octanol–water partition coefficient (Wildman–Crippen LogP) is 4.42. The van der Waals surface area contributed by atoms with Crippen LogP contribution in [0.4, 0.5) is 21.6 Å². The fourth-order valence-corrected chi connectivity index (χ4v) is 3.25. The van der Waals surface area contributed by atoms with Crippen LogP contribution >= 0.6 is 11.6 Å². The van der Waals surface area contributed by atoms with Gasteiger partial charge in [-0.25, -0.2) is 17.8 Å². The van der Waals surface area contributed by atoms with E-state index in [4.69, 9.17) is 11.6 Å². The lowest BCUT2D eigenvalue weighted by Gasteiger charge is -2.10. The molecule has 0 aliphatic rings. The van der Waals surface area contributed by atoms with E-state index >= 15 is 0 Å². The number of nitrogens with one attached hydrogen (secondary N) is 2. The van der Waals surface area contributed by atoms with Crippen LogP contribution in [0.15, 0.2) is 71.8 Å². The Bertz CT molecular complexity index is 978. The van der Waals surface area contributed by atoms with Gasteiger partial charge in [-0.3, -0.25) is 4.72 Å². The maximum Gasteiger partial charge on any atom is 0.263 e. The lowest BCUT2D eigenvalue weighted by atomic mass is 10.3. The lowest BCUT2D eigenvalue weighted by molar-refractivity contribution is 0.599. The summed E-state index contributed by atoms with van der Waals surface area (Å²) in [6.45, 7) is 0. The Hall–Kier alpha value is -2.64. The first-order valence-corrected chi connectivity index (χ1v) is 9.06. The van der Waals surface area contributed by atoms with Gasteiger partial charge in [0.25, 0.3) is 10.0 Å². The molecule has 0 saturated heterocycles. The molecule has 0 saturated carbocycles. The van der Waals surface area contributed by atoms with E-state index < -0.39 is 15.8 Å². The molecule has 0 amide bonds. The molecule has 0 spiro atoms. The van der Waals surface area contributed by atoms with Crippen LogP contribution in [0.5, 0.6) is 0 Å². The van der Waals surface area contributed by atoms with Crippen LogP contribution in [-0.4, -0.2) is 13.4 Å². The fraction of sp³-hybridized carbons (Fsp3) is 0. The Labute approximate surface area is 149 Å². The van der Waals surface area contributed by atoms with Crippen LogP contribution < -0.4 is 10.0 Å². The molecule has 2 aromatic carbocycles. The Morgan fingerprint density at radius 3 is 2.32 bits per heavy atom. The number of benzene rings is 2. The van der Waals surface area contributed by atoms with Gasteiger partial charge in [0.15, 0.2) is 0 Å². The summed E-state index contributed by atoms with van der Waals surface area (Å²) in [6, 6.07) is 14.9. The van der Waals surface area contributed by atoms with Crippen molar-refractivity contribution in [1.82, 2.24) is 4.98 Å². The number of aromatic nitrogens is 1. The van der Waals surface area contributed by atoms with E-state index in [1.165, 1.54) is 24.4 Å². The van der Waals surface area contributed by atoms with Gasteiger partial charge in [-0.05, 0) is 48.5 Å². The molecule has 3 rings (SSSR count). The van der Waals surface area contributed by atoms with Crippen LogP contribution in [0.2, 0.25) is 5.02 Å². The Balaban J connectivity index is 1.74. The van der Waals surface area contributed by atoms with Gasteiger partial charge < -0.3 is 5.32 Å². The largest absolute Gasteiger partial charge is 0.353 e. The fourth-order valence-electron chi connectivity index (χ4n) is 2.06. The summed E-state index contributed by atoms with van der Waals surface area (Å²) in [5.74, 6) is -0.360. The van der Waals surface area contributed by atoms with Crippen LogP contribution in [0, 0.1) is 5.82 Å². The van der Waals surface area contributed by atoms with Crippen molar-refractivity contribution >= 4 is 38.8 Å². The zero-order valence-electron chi connectivity index (χ0n) is 12.8.